The summed E-state index contributed by atoms with van der Waals surface area (Å²) in [6.45, 7) is 6.91. The molecule has 1 aromatic rings. The van der Waals surface area contributed by atoms with Gasteiger partial charge in [0.15, 0.2) is 11.5 Å². The van der Waals surface area contributed by atoms with E-state index in [9.17, 15) is 4.79 Å². The Bertz CT molecular complexity index is 553. The van der Waals surface area contributed by atoms with Gasteiger partial charge < -0.3 is 24.8 Å². The third-order valence-corrected chi connectivity index (χ3v) is 4.08. The average molecular weight is 306 g/mol. The van der Waals surface area contributed by atoms with E-state index in [1.54, 1.807) is 0 Å². The van der Waals surface area contributed by atoms with Gasteiger partial charge in [0, 0.05) is 25.0 Å². The van der Waals surface area contributed by atoms with Crippen LogP contribution in [0.15, 0.2) is 18.2 Å². The van der Waals surface area contributed by atoms with Crippen LogP contribution in [0.1, 0.15) is 19.4 Å². The summed E-state index contributed by atoms with van der Waals surface area (Å²) in [6, 6.07) is 5.90. The number of ether oxygens (including phenoxy) is 3. The van der Waals surface area contributed by atoms with Crippen LogP contribution in [0.3, 0.4) is 0 Å². The first-order valence-corrected chi connectivity index (χ1v) is 7.56. The predicted octanol–water partition coefficient (Wildman–Crippen LogP) is 0.797. The lowest BCUT2D eigenvalue weighted by Crippen LogP contribution is -2.49. The molecule has 0 saturated carbocycles. The number of hydrogen-bond donors (Lipinski definition) is 2. The largest absolute Gasteiger partial charge is 0.454 e. The van der Waals surface area contributed by atoms with Crippen molar-refractivity contribution in [2.24, 2.45) is 0 Å². The molecule has 2 aliphatic rings. The van der Waals surface area contributed by atoms with Crippen molar-refractivity contribution in [3.8, 4) is 11.5 Å². The predicted molar refractivity (Wildman–Crippen MR) is 81.2 cm³/mol. The van der Waals surface area contributed by atoms with E-state index in [2.05, 4.69) is 24.5 Å². The molecule has 3 rings (SSSR count). The minimum absolute atomic E-state index is 0.0685. The number of benzene rings is 1. The number of morpholine rings is 1. The maximum absolute atomic E-state index is 12.1. The van der Waals surface area contributed by atoms with Gasteiger partial charge in [-0.15, -0.1) is 0 Å². The van der Waals surface area contributed by atoms with Crippen molar-refractivity contribution in [1.29, 1.82) is 0 Å². The molecule has 0 aromatic heterocycles. The van der Waals surface area contributed by atoms with Gasteiger partial charge in [-0.05, 0) is 17.7 Å². The highest BCUT2D eigenvalue weighted by atomic mass is 16.7. The molecule has 6 nitrogen and oxygen atoms in total. The molecule has 0 radical (unpaired) electrons. The number of fused-ring (bicyclic) bond motifs is 1. The maximum Gasteiger partial charge on any atom is 0.250 e. The Balaban J connectivity index is 1.61. The van der Waals surface area contributed by atoms with Gasteiger partial charge in [-0.2, -0.15) is 0 Å². The average Bonchev–Trinajstić information content (AvgIpc) is 3.01. The van der Waals surface area contributed by atoms with Crippen LogP contribution in [-0.2, 0) is 14.9 Å². The van der Waals surface area contributed by atoms with Gasteiger partial charge in [-0.1, -0.05) is 19.9 Å². The summed E-state index contributed by atoms with van der Waals surface area (Å²) in [5.41, 5.74) is 0.887. The molecular weight excluding hydrogens is 284 g/mol. The molecule has 2 aliphatic heterocycles. The molecule has 120 valence electrons. The van der Waals surface area contributed by atoms with Crippen LogP contribution in [0.4, 0.5) is 0 Å². The molecule has 1 fully saturated rings. The quantitative estimate of drug-likeness (QED) is 0.861. The number of carbonyl (C=O) groups is 1. The number of hydrogen-bond acceptors (Lipinski definition) is 5. The zero-order valence-electron chi connectivity index (χ0n) is 13.0. The van der Waals surface area contributed by atoms with Crippen LogP contribution in [-0.4, -0.2) is 45.0 Å². The van der Waals surface area contributed by atoms with Gasteiger partial charge in [0.25, 0.3) is 0 Å². The SMILES string of the molecule is CC(C)(CNC(=O)C1CNCCO1)c1ccc2c(c1)OCO2. The van der Waals surface area contributed by atoms with Crippen LogP contribution in [0.5, 0.6) is 11.5 Å². The van der Waals surface area contributed by atoms with E-state index in [0.717, 1.165) is 23.6 Å². The standard InChI is InChI=1S/C16H22N2O4/c1-16(2,9-18-15(19)14-8-17-5-6-20-14)11-3-4-12-13(7-11)22-10-21-12/h3-4,7,14,17H,5-6,8-10H2,1-2H3,(H,18,19). The Morgan fingerprint density at radius 2 is 2.18 bits per heavy atom. The highest BCUT2D eigenvalue weighted by Gasteiger charge is 2.27. The van der Waals surface area contributed by atoms with Gasteiger partial charge in [-0.25, -0.2) is 0 Å². The molecule has 22 heavy (non-hydrogen) atoms. The summed E-state index contributed by atoms with van der Waals surface area (Å²) in [4.78, 5) is 12.1. The molecule has 1 saturated heterocycles. The number of rotatable bonds is 4. The van der Waals surface area contributed by atoms with E-state index in [-0.39, 0.29) is 18.1 Å². The molecule has 0 bridgehead atoms. The van der Waals surface area contributed by atoms with Crippen molar-refractivity contribution in [2.75, 3.05) is 33.0 Å². The molecule has 1 aromatic carbocycles. The molecule has 1 amide bonds. The third kappa shape index (κ3) is 3.18. The fraction of sp³-hybridized carbons (Fsp3) is 0.562. The smallest absolute Gasteiger partial charge is 0.250 e. The Morgan fingerprint density at radius 3 is 2.95 bits per heavy atom. The van der Waals surface area contributed by atoms with E-state index >= 15 is 0 Å². The fourth-order valence-corrected chi connectivity index (χ4v) is 2.58. The summed E-state index contributed by atoms with van der Waals surface area (Å²) in [5.74, 6) is 1.46. The molecule has 0 aliphatic carbocycles. The summed E-state index contributed by atoms with van der Waals surface area (Å²) < 4.78 is 16.2. The van der Waals surface area contributed by atoms with Crippen molar-refractivity contribution in [3.05, 3.63) is 23.8 Å². The fourth-order valence-electron chi connectivity index (χ4n) is 2.58. The van der Waals surface area contributed by atoms with E-state index in [1.165, 1.54) is 0 Å². The van der Waals surface area contributed by atoms with E-state index < -0.39 is 6.10 Å². The Hall–Kier alpha value is -1.79. The van der Waals surface area contributed by atoms with Gasteiger partial charge in [0.2, 0.25) is 12.7 Å². The first-order chi connectivity index (χ1) is 10.6. The second-order valence-electron chi connectivity index (χ2n) is 6.23. The van der Waals surface area contributed by atoms with Crippen molar-refractivity contribution in [1.82, 2.24) is 10.6 Å². The van der Waals surface area contributed by atoms with Gasteiger partial charge >= 0.3 is 0 Å². The lowest BCUT2D eigenvalue weighted by molar-refractivity contribution is -0.134. The summed E-state index contributed by atoms with van der Waals surface area (Å²) in [5, 5.41) is 6.14. The van der Waals surface area contributed by atoms with Crippen molar-refractivity contribution in [3.63, 3.8) is 0 Å². The number of nitrogens with one attached hydrogen (secondary N) is 2. The van der Waals surface area contributed by atoms with Gasteiger partial charge in [0.1, 0.15) is 6.10 Å². The van der Waals surface area contributed by atoms with Crippen LogP contribution in [0.25, 0.3) is 0 Å². The molecule has 6 heteroatoms. The minimum atomic E-state index is -0.402. The maximum atomic E-state index is 12.1. The van der Waals surface area contributed by atoms with Crippen LogP contribution in [0.2, 0.25) is 0 Å². The van der Waals surface area contributed by atoms with Crippen molar-refractivity contribution in [2.45, 2.75) is 25.4 Å². The second kappa shape index (κ2) is 6.14. The first kappa shape index (κ1) is 15.1. The van der Waals surface area contributed by atoms with E-state index in [4.69, 9.17) is 14.2 Å². The van der Waals surface area contributed by atoms with E-state index in [0.29, 0.717) is 19.7 Å². The zero-order valence-corrected chi connectivity index (χ0v) is 13.0. The molecule has 2 heterocycles. The van der Waals surface area contributed by atoms with Crippen LogP contribution in [0, 0.1) is 0 Å². The third-order valence-electron chi connectivity index (χ3n) is 4.08. The molecule has 0 spiro atoms. The normalized spacial score (nSPS) is 20.7. The van der Waals surface area contributed by atoms with E-state index in [1.807, 2.05) is 18.2 Å². The molecule has 2 N–H and O–H groups in total. The van der Waals surface area contributed by atoms with Gasteiger partial charge in [-0.3, -0.25) is 4.79 Å². The zero-order chi connectivity index (χ0) is 15.6. The van der Waals surface area contributed by atoms with Crippen LogP contribution < -0.4 is 20.1 Å². The van der Waals surface area contributed by atoms with Crippen molar-refractivity contribution >= 4 is 5.91 Å². The first-order valence-electron chi connectivity index (χ1n) is 7.56. The lowest BCUT2D eigenvalue weighted by Gasteiger charge is -2.28. The second-order valence-corrected chi connectivity index (χ2v) is 6.23. The Morgan fingerprint density at radius 1 is 1.36 bits per heavy atom. The molecule has 1 unspecified atom stereocenters. The summed E-state index contributed by atoms with van der Waals surface area (Å²) >= 11 is 0. The van der Waals surface area contributed by atoms with Crippen molar-refractivity contribution < 1.29 is 19.0 Å². The summed E-state index contributed by atoms with van der Waals surface area (Å²) in [7, 11) is 0. The monoisotopic (exact) mass is 306 g/mol. The lowest BCUT2D eigenvalue weighted by atomic mass is 9.84. The minimum Gasteiger partial charge on any atom is -0.454 e. The molecular formula is C16H22N2O4. The topological polar surface area (TPSA) is 68.8 Å². The highest BCUT2D eigenvalue weighted by molar-refractivity contribution is 5.81. The number of carbonyl (C=O) groups excluding carboxylic acids is 1. The molecule has 1 atom stereocenters. The summed E-state index contributed by atoms with van der Waals surface area (Å²) in [6.07, 6.45) is -0.402. The number of amides is 1. The van der Waals surface area contributed by atoms with Crippen LogP contribution >= 0.6 is 0 Å². The highest BCUT2D eigenvalue weighted by Crippen LogP contribution is 2.36. The Labute approximate surface area is 130 Å². The Kier molecular flexibility index (Phi) is 4.22. The van der Waals surface area contributed by atoms with Gasteiger partial charge in [0.05, 0.1) is 6.61 Å².